The Labute approximate surface area is 255 Å². The molecule has 0 aliphatic rings. The molecule has 1 heteroatoms. The van der Waals surface area contributed by atoms with Crippen molar-refractivity contribution in [2.75, 3.05) is 0 Å². The zero-order valence-electron chi connectivity index (χ0n) is 24.0. The first-order valence-electron chi connectivity index (χ1n) is 14.6. The Kier molecular flexibility index (Phi) is 8.83. The van der Waals surface area contributed by atoms with Crippen molar-refractivity contribution < 1.29 is 0 Å². The summed E-state index contributed by atoms with van der Waals surface area (Å²) in [7, 11) is 0. The predicted octanol–water partition coefficient (Wildman–Crippen LogP) is 10.9. The SMILES string of the molecule is C(=C(c1ccccc1)N(C(=Cc1ccccc1)c1ccccc1)C(=Cc1ccccc1)c1ccccc1)c1ccccc1. The molecular formula is C42H33N. The van der Waals surface area contributed by atoms with E-state index >= 15 is 0 Å². The molecule has 0 aliphatic carbocycles. The second-order valence-electron chi connectivity index (χ2n) is 10.3. The van der Waals surface area contributed by atoms with Gasteiger partial charge in [0.25, 0.3) is 0 Å². The maximum atomic E-state index is 2.42. The van der Waals surface area contributed by atoms with E-state index in [1.54, 1.807) is 0 Å². The Morgan fingerprint density at radius 3 is 0.721 bits per heavy atom. The molecule has 0 heterocycles. The minimum absolute atomic E-state index is 1.07. The fourth-order valence-corrected chi connectivity index (χ4v) is 5.17. The molecule has 0 bridgehead atoms. The molecule has 0 spiro atoms. The molecule has 0 unspecified atom stereocenters. The maximum absolute atomic E-state index is 2.42. The summed E-state index contributed by atoms with van der Waals surface area (Å²) in [6.07, 6.45) is 6.87. The number of hydrogen-bond donors (Lipinski definition) is 0. The Balaban J connectivity index is 1.71. The van der Waals surface area contributed by atoms with Gasteiger partial charge in [0.1, 0.15) is 0 Å². The van der Waals surface area contributed by atoms with Crippen LogP contribution >= 0.6 is 0 Å². The van der Waals surface area contributed by atoms with Crippen LogP contribution in [0.15, 0.2) is 182 Å². The van der Waals surface area contributed by atoms with Crippen molar-refractivity contribution in [3.8, 4) is 0 Å². The van der Waals surface area contributed by atoms with Gasteiger partial charge < -0.3 is 4.90 Å². The number of nitrogens with zero attached hydrogens (tertiary/aromatic N) is 1. The van der Waals surface area contributed by atoms with Crippen molar-refractivity contribution in [2.45, 2.75) is 0 Å². The highest BCUT2D eigenvalue weighted by Gasteiger charge is 2.24. The van der Waals surface area contributed by atoms with Crippen molar-refractivity contribution in [3.63, 3.8) is 0 Å². The van der Waals surface area contributed by atoms with E-state index in [9.17, 15) is 0 Å². The lowest BCUT2D eigenvalue weighted by atomic mass is 9.98. The summed E-state index contributed by atoms with van der Waals surface area (Å²) in [6, 6.07) is 63.7. The molecule has 0 saturated carbocycles. The smallest absolute Gasteiger partial charge is 0.0540 e. The highest BCUT2D eigenvalue weighted by atomic mass is 15.2. The number of benzene rings is 6. The van der Waals surface area contributed by atoms with Gasteiger partial charge in [0.05, 0.1) is 17.1 Å². The summed E-state index contributed by atoms with van der Waals surface area (Å²) < 4.78 is 0. The second kappa shape index (κ2) is 13.8. The fourth-order valence-electron chi connectivity index (χ4n) is 5.17. The molecule has 0 atom stereocenters. The monoisotopic (exact) mass is 551 g/mol. The van der Waals surface area contributed by atoms with Gasteiger partial charge in [0.15, 0.2) is 0 Å². The van der Waals surface area contributed by atoms with Gasteiger partial charge in [-0.2, -0.15) is 0 Å². The highest BCUT2D eigenvalue weighted by molar-refractivity contribution is 6.00. The first-order chi connectivity index (χ1) is 21.3. The number of hydrogen-bond acceptors (Lipinski definition) is 1. The van der Waals surface area contributed by atoms with Crippen molar-refractivity contribution in [1.82, 2.24) is 4.90 Å². The molecule has 6 aromatic rings. The molecule has 1 nitrogen and oxygen atoms in total. The summed E-state index contributed by atoms with van der Waals surface area (Å²) in [5, 5.41) is 0. The average molecular weight is 552 g/mol. The minimum Gasteiger partial charge on any atom is -0.309 e. The highest BCUT2D eigenvalue weighted by Crippen LogP contribution is 2.40. The maximum Gasteiger partial charge on any atom is 0.0540 e. The molecule has 6 rings (SSSR count). The van der Waals surface area contributed by atoms with Crippen LogP contribution in [-0.4, -0.2) is 4.90 Å². The Hall–Kier alpha value is -5.66. The molecule has 0 amide bonds. The molecule has 0 saturated heterocycles. The van der Waals surface area contributed by atoms with Crippen LogP contribution in [0.2, 0.25) is 0 Å². The Morgan fingerprint density at radius 1 is 0.279 bits per heavy atom. The fraction of sp³-hybridized carbons (Fsp3) is 0. The Bertz CT molecular complexity index is 1580. The standard InChI is InChI=1S/C42H33N/c1-7-19-34(20-8-1)31-40(37-25-13-4-14-26-37)43(41(38-27-15-5-16-28-38)32-35-21-9-2-10-22-35)42(39-29-17-6-18-30-39)33-36-23-11-3-12-24-36/h1-33H. The van der Waals surface area contributed by atoms with Gasteiger partial charge in [-0.25, -0.2) is 0 Å². The van der Waals surface area contributed by atoms with E-state index in [4.69, 9.17) is 0 Å². The predicted molar refractivity (Wildman–Crippen MR) is 184 cm³/mol. The van der Waals surface area contributed by atoms with E-state index in [1.165, 1.54) is 0 Å². The molecule has 0 N–H and O–H groups in total. The van der Waals surface area contributed by atoms with Gasteiger partial charge in [-0.05, 0) is 51.6 Å². The third-order valence-corrected chi connectivity index (χ3v) is 7.24. The molecule has 6 aromatic carbocycles. The van der Waals surface area contributed by atoms with E-state index in [1.807, 2.05) is 0 Å². The lowest BCUT2D eigenvalue weighted by molar-refractivity contribution is 0.796. The molecule has 43 heavy (non-hydrogen) atoms. The summed E-state index contributed by atoms with van der Waals surface area (Å²) in [5.41, 5.74) is 9.97. The van der Waals surface area contributed by atoms with Crippen LogP contribution in [-0.2, 0) is 0 Å². The van der Waals surface area contributed by atoms with E-state index in [0.717, 1.165) is 50.5 Å². The van der Waals surface area contributed by atoms with Crippen molar-refractivity contribution in [3.05, 3.63) is 215 Å². The van der Waals surface area contributed by atoms with Crippen LogP contribution in [0.25, 0.3) is 35.3 Å². The average Bonchev–Trinajstić information content (AvgIpc) is 3.09. The van der Waals surface area contributed by atoms with Crippen LogP contribution < -0.4 is 0 Å². The quantitative estimate of drug-likeness (QED) is 0.162. The molecule has 206 valence electrons. The van der Waals surface area contributed by atoms with Crippen LogP contribution in [0.3, 0.4) is 0 Å². The van der Waals surface area contributed by atoms with Gasteiger partial charge in [0, 0.05) is 0 Å². The van der Waals surface area contributed by atoms with Crippen molar-refractivity contribution >= 4 is 35.3 Å². The third-order valence-electron chi connectivity index (χ3n) is 7.24. The second-order valence-corrected chi connectivity index (χ2v) is 10.3. The normalized spacial score (nSPS) is 12.1. The van der Waals surface area contributed by atoms with Crippen molar-refractivity contribution in [1.29, 1.82) is 0 Å². The van der Waals surface area contributed by atoms with Gasteiger partial charge in [0.2, 0.25) is 0 Å². The summed E-state index contributed by atoms with van der Waals surface area (Å²) in [4.78, 5) is 2.42. The number of rotatable bonds is 9. The largest absolute Gasteiger partial charge is 0.309 e. The van der Waals surface area contributed by atoms with Gasteiger partial charge in [-0.1, -0.05) is 182 Å². The van der Waals surface area contributed by atoms with Crippen LogP contribution in [0.5, 0.6) is 0 Å². The zero-order chi connectivity index (χ0) is 29.1. The van der Waals surface area contributed by atoms with E-state index in [-0.39, 0.29) is 0 Å². The third kappa shape index (κ3) is 6.98. The molecular weight excluding hydrogens is 518 g/mol. The lowest BCUT2D eigenvalue weighted by Gasteiger charge is -2.33. The molecule has 0 fully saturated rings. The molecule has 0 aliphatic heterocycles. The Morgan fingerprint density at radius 2 is 0.488 bits per heavy atom. The lowest BCUT2D eigenvalue weighted by Crippen LogP contribution is -2.20. The minimum atomic E-state index is 1.07. The molecule has 0 aromatic heterocycles. The van der Waals surface area contributed by atoms with Gasteiger partial charge in [-0.15, -0.1) is 0 Å². The van der Waals surface area contributed by atoms with E-state index in [0.29, 0.717) is 0 Å². The summed E-state index contributed by atoms with van der Waals surface area (Å²) in [5.74, 6) is 0. The van der Waals surface area contributed by atoms with Gasteiger partial charge >= 0.3 is 0 Å². The first-order valence-corrected chi connectivity index (χ1v) is 14.6. The molecule has 0 radical (unpaired) electrons. The van der Waals surface area contributed by atoms with Crippen LogP contribution in [0.1, 0.15) is 33.4 Å². The van der Waals surface area contributed by atoms with Crippen LogP contribution in [0.4, 0.5) is 0 Å². The topological polar surface area (TPSA) is 3.24 Å². The van der Waals surface area contributed by atoms with E-state index in [2.05, 4.69) is 205 Å². The van der Waals surface area contributed by atoms with Crippen molar-refractivity contribution in [2.24, 2.45) is 0 Å². The summed E-state index contributed by atoms with van der Waals surface area (Å²) >= 11 is 0. The van der Waals surface area contributed by atoms with E-state index < -0.39 is 0 Å². The zero-order valence-corrected chi connectivity index (χ0v) is 24.0. The first kappa shape index (κ1) is 27.5. The van der Waals surface area contributed by atoms with Gasteiger partial charge in [-0.3, -0.25) is 0 Å². The summed E-state index contributed by atoms with van der Waals surface area (Å²) in [6.45, 7) is 0. The van der Waals surface area contributed by atoms with Crippen LogP contribution in [0, 0.1) is 0 Å².